The van der Waals surface area contributed by atoms with Crippen LogP contribution in [0.4, 0.5) is 0 Å². The molecule has 0 unspecified atom stereocenters. The first kappa shape index (κ1) is 24.5. The highest BCUT2D eigenvalue weighted by molar-refractivity contribution is 7.99. The predicted molar refractivity (Wildman–Crippen MR) is 138 cm³/mol. The molecule has 0 aliphatic heterocycles. The van der Waals surface area contributed by atoms with Crippen molar-refractivity contribution in [2.24, 2.45) is 0 Å². The molecular weight excluding hydrogens is 460 g/mol. The molecule has 4 rings (SSSR count). The Kier molecular flexibility index (Phi) is 7.87. The first-order valence-corrected chi connectivity index (χ1v) is 12.5. The van der Waals surface area contributed by atoms with Crippen LogP contribution in [0.2, 0.25) is 0 Å². The van der Waals surface area contributed by atoms with Gasteiger partial charge in [-0.05, 0) is 53.8 Å². The second kappa shape index (κ2) is 11.2. The number of aryl methyl sites for hydroxylation is 1. The molecule has 0 aliphatic carbocycles. The van der Waals surface area contributed by atoms with E-state index in [1.165, 1.54) is 22.9 Å². The number of carbonyl (C=O) groups is 2. The van der Waals surface area contributed by atoms with Gasteiger partial charge in [-0.15, -0.1) is 0 Å². The minimum Gasteiger partial charge on any atom is -0.453 e. The molecule has 1 aromatic heterocycles. The highest BCUT2D eigenvalue weighted by Crippen LogP contribution is 2.26. The number of esters is 2. The molecule has 4 aromatic rings. The summed E-state index contributed by atoms with van der Waals surface area (Å²) in [7, 11) is 0. The van der Waals surface area contributed by atoms with Crippen molar-refractivity contribution in [1.82, 2.24) is 9.55 Å². The van der Waals surface area contributed by atoms with Crippen LogP contribution in [-0.2, 0) is 20.9 Å². The topological polar surface area (TPSA) is 70.4 Å². The maximum atomic E-state index is 12.3. The van der Waals surface area contributed by atoms with Crippen molar-refractivity contribution in [3.63, 3.8) is 0 Å². The quantitative estimate of drug-likeness (QED) is 0.170. The number of hydrogen-bond acceptors (Lipinski definition) is 6. The molecule has 6 nitrogen and oxygen atoms in total. The van der Waals surface area contributed by atoms with Gasteiger partial charge in [0.1, 0.15) is 5.75 Å². The fourth-order valence-electron chi connectivity index (χ4n) is 3.66. The number of carbonyl (C=O) groups excluding carboxylic acids is 2. The lowest BCUT2D eigenvalue weighted by Gasteiger charge is -2.11. The van der Waals surface area contributed by atoms with E-state index in [0.717, 1.165) is 21.8 Å². The second-order valence-electron chi connectivity index (χ2n) is 8.54. The summed E-state index contributed by atoms with van der Waals surface area (Å²) in [6.07, 6.45) is 0. The SMILES string of the molecule is Cc1ccccc1Cn1c(SCC(=O)OCC(=O)Oc2ccc(C(C)C)cc2)nc2ccccc21. The van der Waals surface area contributed by atoms with Crippen LogP contribution in [0.15, 0.2) is 78.0 Å². The minimum atomic E-state index is -0.618. The van der Waals surface area contributed by atoms with Crippen LogP contribution in [0.25, 0.3) is 11.0 Å². The van der Waals surface area contributed by atoms with E-state index in [2.05, 4.69) is 37.5 Å². The Hall–Kier alpha value is -3.58. The fraction of sp³-hybridized carbons (Fsp3) is 0.250. The van der Waals surface area contributed by atoms with Crippen molar-refractivity contribution < 1.29 is 19.1 Å². The summed E-state index contributed by atoms with van der Waals surface area (Å²) in [5.41, 5.74) is 5.40. The van der Waals surface area contributed by atoms with E-state index in [4.69, 9.17) is 14.5 Å². The van der Waals surface area contributed by atoms with E-state index in [1.54, 1.807) is 12.1 Å². The zero-order valence-electron chi connectivity index (χ0n) is 20.1. The lowest BCUT2D eigenvalue weighted by molar-refractivity contribution is -0.151. The largest absolute Gasteiger partial charge is 0.453 e. The predicted octanol–water partition coefficient (Wildman–Crippen LogP) is 5.76. The van der Waals surface area contributed by atoms with Crippen LogP contribution in [-0.4, -0.2) is 33.8 Å². The second-order valence-corrected chi connectivity index (χ2v) is 9.49. The summed E-state index contributed by atoms with van der Waals surface area (Å²) in [4.78, 5) is 29.1. The first-order chi connectivity index (χ1) is 16.9. The number of thioether (sulfide) groups is 1. The Morgan fingerprint density at radius 3 is 2.40 bits per heavy atom. The average molecular weight is 489 g/mol. The van der Waals surface area contributed by atoms with Gasteiger partial charge in [0, 0.05) is 0 Å². The summed E-state index contributed by atoms with van der Waals surface area (Å²) in [5.74, 6) is -0.269. The summed E-state index contributed by atoms with van der Waals surface area (Å²) >= 11 is 1.29. The number of aromatic nitrogens is 2. The van der Waals surface area contributed by atoms with Gasteiger partial charge in [-0.2, -0.15) is 0 Å². The number of rotatable bonds is 9. The van der Waals surface area contributed by atoms with Gasteiger partial charge in [-0.3, -0.25) is 4.79 Å². The van der Waals surface area contributed by atoms with E-state index >= 15 is 0 Å². The lowest BCUT2D eigenvalue weighted by atomic mass is 10.0. The van der Waals surface area contributed by atoms with Crippen LogP contribution in [0.3, 0.4) is 0 Å². The highest BCUT2D eigenvalue weighted by atomic mass is 32.2. The van der Waals surface area contributed by atoms with Gasteiger partial charge in [-0.25, -0.2) is 9.78 Å². The van der Waals surface area contributed by atoms with Crippen LogP contribution >= 0.6 is 11.8 Å². The number of hydrogen-bond donors (Lipinski definition) is 0. The Bertz CT molecular complexity index is 1330. The van der Waals surface area contributed by atoms with Crippen LogP contribution in [0, 0.1) is 6.92 Å². The molecule has 35 heavy (non-hydrogen) atoms. The van der Waals surface area contributed by atoms with E-state index in [-0.39, 0.29) is 5.75 Å². The number of imidazole rings is 1. The summed E-state index contributed by atoms with van der Waals surface area (Å²) < 4.78 is 12.5. The van der Waals surface area contributed by atoms with Crippen molar-refractivity contribution in [3.05, 3.63) is 89.5 Å². The molecule has 0 spiro atoms. The maximum Gasteiger partial charge on any atom is 0.349 e. The smallest absolute Gasteiger partial charge is 0.349 e. The van der Waals surface area contributed by atoms with Crippen LogP contribution < -0.4 is 4.74 Å². The van der Waals surface area contributed by atoms with Gasteiger partial charge < -0.3 is 14.0 Å². The van der Waals surface area contributed by atoms with E-state index in [1.807, 2.05) is 48.5 Å². The minimum absolute atomic E-state index is 0.0352. The number of para-hydroxylation sites is 2. The molecule has 0 saturated carbocycles. The molecule has 0 fully saturated rings. The Labute approximate surface area is 209 Å². The fourth-order valence-corrected chi connectivity index (χ4v) is 4.47. The van der Waals surface area contributed by atoms with E-state index < -0.39 is 18.5 Å². The zero-order chi connectivity index (χ0) is 24.8. The molecule has 0 atom stereocenters. The first-order valence-electron chi connectivity index (χ1n) is 11.5. The molecule has 180 valence electrons. The third-order valence-electron chi connectivity index (χ3n) is 5.66. The number of ether oxygens (including phenoxy) is 2. The standard InChI is InChI=1S/C28H28N2O4S/c1-19(2)21-12-14-23(15-13-21)34-26(31)17-33-27(32)18-35-28-29-24-10-6-7-11-25(24)30(28)16-22-9-5-4-8-20(22)3/h4-15,19H,16-18H2,1-3H3. The number of nitrogens with zero attached hydrogens (tertiary/aromatic N) is 2. The number of fused-ring (bicyclic) bond motifs is 1. The summed E-state index contributed by atoms with van der Waals surface area (Å²) in [6, 6.07) is 23.4. The third kappa shape index (κ3) is 6.31. The molecule has 7 heteroatoms. The van der Waals surface area contributed by atoms with E-state index in [9.17, 15) is 9.59 Å². The highest BCUT2D eigenvalue weighted by Gasteiger charge is 2.16. The zero-order valence-corrected chi connectivity index (χ0v) is 20.9. The summed E-state index contributed by atoms with van der Waals surface area (Å²) in [5, 5.41) is 0.722. The molecule has 0 bridgehead atoms. The van der Waals surface area contributed by atoms with Crippen molar-refractivity contribution >= 4 is 34.7 Å². The maximum absolute atomic E-state index is 12.3. The van der Waals surface area contributed by atoms with E-state index in [0.29, 0.717) is 18.2 Å². The van der Waals surface area contributed by atoms with Crippen LogP contribution in [0.1, 0.15) is 36.5 Å². The van der Waals surface area contributed by atoms with Gasteiger partial charge >= 0.3 is 11.9 Å². The molecule has 0 amide bonds. The average Bonchev–Trinajstić information content (AvgIpc) is 3.20. The van der Waals surface area contributed by atoms with Gasteiger partial charge in [-0.1, -0.05) is 74.1 Å². The molecule has 3 aromatic carbocycles. The Balaban J connectivity index is 1.35. The molecule has 0 aliphatic rings. The summed E-state index contributed by atoms with van der Waals surface area (Å²) in [6.45, 7) is 6.47. The lowest BCUT2D eigenvalue weighted by Crippen LogP contribution is -2.20. The van der Waals surface area contributed by atoms with Gasteiger partial charge in [0.2, 0.25) is 0 Å². The van der Waals surface area contributed by atoms with Gasteiger partial charge in [0.05, 0.1) is 23.3 Å². The van der Waals surface area contributed by atoms with Crippen LogP contribution in [0.5, 0.6) is 5.75 Å². The molecule has 0 saturated heterocycles. The number of benzene rings is 3. The van der Waals surface area contributed by atoms with Crippen molar-refractivity contribution in [2.75, 3.05) is 12.4 Å². The molecular formula is C28H28N2O4S. The van der Waals surface area contributed by atoms with Gasteiger partial charge in [0.15, 0.2) is 11.8 Å². The normalized spacial score (nSPS) is 11.1. The van der Waals surface area contributed by atoms with Crippen molar-refractivity contribution in [2.45, 2.75) is 38.4 Å². The van der Waals surface area contributed by atoms with Crippen molar-refractivity contribution in [1.29, 1.82) is 0 Å². The van der Waals surface area contributed by atoms with Crippen molar-refractivity contribution in [3.8, 4) is 5.75 Å². The Morgan fingerprint density at radius 1 is 0.943 bits per heavy atom. The molecule has 0 N–H and O–H groups in total. The monoisotopic (exact) mass is 488 g/mol. The van der Waals surface area contributed by atoms with Gasteiger partial charge in [0.25, 0.3) is 0 Å². The third-order valence-corrected chi connectivity index (χ3v) is 6.61. The molecule has 0 radical (unpaired) electrons. The Morgan fingerprint density at radius 2 is 1.66 bits per heavy atom. The molecule has 1 heterocycles.